The molecule has 0 saturated carbocycles. The second kappa shape index (κ2) is 5.76. The fourth-order valence-corrected chi connectivity index (χ4v) is 3.28. The van der Waals surface area contributed by atoms with E-state index < -0.39 is 6.04 Å². The highest BCUT2D eigenvalue weighted by atomic mass is 79.9. The standard InChI is InChI=1S/C17H12BrClFN/c18-13-9-8-12(10-4-1-2-5-11(10)13)17(21)16-14(19)6-3-7-15(16)20/h1-9,17H,21H2. The molecule has 0 aromatic heterocycles. The molecular weight excluding hydrogens is 353 g/mol. The van der Waals surface area contributed by atoms with Crippen molar-refractivity contribution in [1.29, 1.82) is 0 Å². The molecule has 1 atom stereocenters. The third-order valence-corrected chi connectivity index (χ3v) is 4.57. The molecule has 0 bridgehead atoms. The second-order valence-electron chi connectivity index (χ2n) is 4.80. The van der Waals surface area contributed by atoms with E-state index in [9.17, 15) is 4.39 Å². The maximum Gasteiger partial charge on any atom is 0.129 e. The van der Waals surface area contributed by atoms with Crippen molar-refractivity contribution in [2.24, 2.45) is 5.73 Å². The number of halogens is 3. The summed E-state index contributed by atoms with van der Waals surface area (Å²) in [6.07, 6.45) is 0. The Morgan fingerprint density at radius 3 is 2.38 bits per heavy atom. The first-order valence-corrected chi connectivity index (χ1v) is 7.63. The molecule has 0 spiro atoms. The third-order valence-electron chi connectivity index (χ3n) is 3.55. The topological polar surface area (TPSA) is 26.0 Å². The fraction of sp³-hybridized carbons (Fsp3) is 0.0588. The lowest BCUT2D eigenvalue weighted by Crippen LogP contribution is -2.14. The number of nitrogens with two attached hydrogens (primary N) is 1. The lowest BCUT2D eigenvalue weighted by molar-refractivity contribution is 0.600. The summed E-state index contributed by atoms with van der Waals surface area (Å²) in [6.45, 7) is 0. The predicted octanol–water partition coefficient (Wildman–Crippen LogP) is 5.44. The summed E-state index contributed by atoms with van der Waals surface area (Å²) in [5.74, 6) is -0.387. The molecule has 3 rings (SSSR count). The number of fused-ring (bicyclic) bond motifs is 1. The van der Waals surface area contributed by atoms with E-state index in [1.165, 1.54) is 6.07 Å². The van der Waals surface area contributed by atoms with Crippen molar-refractivity contribution in [3.05, 3.63) is 81.0 Å². The molecule has 0 aliphatic heterocycles. The number of hydrogen-bond donors (Lipinski definition) is 1. The molecule has 0 heterocycles. The van der Waals surface area contributed by atoms with Crippen LogP contribution in [0.1, 0.15) is 17.2 Å². The minimum absolute atomic E-state index is 0.326. The molecule has 3 aromatic rings. The van der Waals surface area contributed by atoms with Crippen molar-refractivity contribution in [2.45, 2.75) is 6.04 Å². The van der Waals surface area contributed by atoms with Gasteiger partial charge in [-0.25, -0.2) is 4.39 Å². The first kappa shape index (κ1) is 14.5. The second-order valence-corrected chi connectivity index (χ2v) is 6.06. The quantitative estimate of drug-likeness (QED) is 0.643. The largest absolute Gasteiger partial charge is 0.320 e. The summed E-state index contributed by atoms with van der Waals surface area (Å²) in [5, 5.41) is 2.37. The van der Waals surface area contributed by atoms with Crippen molar-refractivity contribution < 1.29 is 4.39 Å². The van der Waals surface area contributed by atoms with Gasteiger partial charge in [0.2, 0.25) is 0 Å². The predicted molar refractivity (Wildman–Crippen MR) is 89.1 cm³/mol. The first-order chi connectivity index (χ1) is 10.1. The molecule has 21 heavy (non-hydrogen) atoms. The summed E-state index contributed by atoms with van der Waals surface area (Å²) in [7, 11) is 0. The smallest absolute Gasteiger partial charge is 0.129 e. The SMILES string of the molecule is NC(c1c(F)cccc1Cl)c1ccc(Br)c2ccccc12. The first-order valence-electron chi connectivity index (χ1n) is 6.46. The van der Waals surface area contributed by atoms with Crippen LogP contribution in [0.25, 0.3) is 10.8 Å². The Morgan fingerprint density at radius 1 is 0.952 bits per heavy atom. The van der Waals surface area contributed by atoms with Crippen LogP contribution in [0, 0.1) is 5.82 Å². The van der Waals surface area contributed by atoms with E-state index in [0.29, 0.717) is 10.6 Å². The van der Waals surface area contributed by atoms with Gasteiger partial charge in [-0.1, -0.05) is 63.9 Å². The Kier molecular flexibility index (Phi) is 3.98. The van der Waals surface area contributed by atoms with Crippen LogP contribution in [0.2, 0.25) is 5.02 Å². The van der Waals surface area contributed by atoms with Crippen molar-refractivity contribution in [2.75, 3.05) is 0 Å². The van der Waals surface area contributed by atoms with Gasteiger partial charge in [-0.3, -0.25) is 0 Å². The van der Waals surface area contributed by atoms with Crippen LogP contribution in [0.15, 0.2) is 59.1 Å². The van der Waals surface area contributed by atoms with Gasteiger partial charge in [-0.2, -0.15) is 0 Å². The number of benzene rings is 3. The zero-order valence-corrected chi connectivity index (χ0v) is 13.3. The fourth-order valence-electron chi connectivity index (χ4n) is 2.52. The molecule has 4 heteroatoms. The maximum atomic E-state index is 14.1. The lowest BCUT2D eigenvalue weighted by atomic mass is 9.94. The van der Waals surface area contributed by atoms with Gasteiger partial charge in [0, 0.05) is 15.1 Å². The van der Waals surface area contributed by atoms with Crippen molar-refractivity contribution in [3.63, 3.8) is 0 Å². The van der Waals surface area contributed by atoms with Crippen molar-refractivity contribution in [3.8, 4) is 0 Å². The van der Waals surface area contributed by atoms with Gasteiger partial charge in [0.15, 0.2) is 0 Å². The summed E-state index contributed by atoms with van der Waals surface area (Å²) >= 11 is 9.65. The Balaban J connectivity index is 2.23. The van der Waals surface area contributed by atoms with Gasteiger partial charge in [0.25, 0.3) is 0 Å². The molecule has 1 unspecified atom stereocenters. The average molecular weight is 365 g/mol. The zero-order valence-electron chi connectivity index (χ0n) is 11.0. The van der Waals surface area contributed by atoms with Gasteiger partial charge in [-0.05, 0) is 34.5 Å². The molecule has 0 fully saturated rings. The van der Waals surface area contributed by atoms with Gasteiger partial charge >= 0.3 is 0 Å². The molecule has 1 nitrogen and oxygen atoms in total. The van der Waals surface area contributed by atoms with Gasteiger partial charge < -0.3 is 5.73 Å². The minimum Gasteiger partial charge on any atom is -0.320 e. The number of hydrogen-bond acceptors (Lipinski definition) is 1. The normalized spacial score (nSPS) is 12.6. The van der Waals surface area contributed by atoms with E-state index in [-0.39, 0.29) is 5.82 Å². The highest BCUT2D eigenvalue weighted by molar-refractivity contribution is 9.10. The van der Waals surface area contributed by atoms with Crippen LogP contribution in [-0.4, -0.2) is 0 Å². The van der Waals surface area contributed by atoms with Gasteiger partial charge in [0.05, 0.1) is 6.04 Å². The molecule has 0 radical (unpaired) electrons. The van der Waals surface area contributed by atoms with Crippen LogP contribution in [0.5, 0.6) is 0 Å². The highest BCUT2D eigenvalue weighted by Gasteiger charge is 2.19. The summed E-state index contributed by atoms with van der Waals surface area (Å²) in [4.78, 5) is 0. The summed E-state index contributed by atoms with van der Waals surface area (Å²) in [5.41, 5.74) is 7.47. The van der Waals surface area contributed by atoms with E-state index in [0.717, 1.165) is 20.8 Å². The van der Waals surface area contributed by atoms with E-state index >= 15 is 0 Å². The molecule has 2 N–H and O–H groups in total. The highest BCUT2D eigenvalue weighted by Crippen LogP contribution is 2.35. The average Bonchev–Trinajstić information content (AvgIpc) is 2.47. The third kappa shape index (κ3) is 2.57. The molecule has 106 valence electrons. The molecule has 0 aliphatic rings. The van der Waals surface area contributed by atoms with E-state index in [1.807, 2.05) is 36.4 Å². The van der Waals surface area contributed by atoms with Gasteiger partial charge in [-0.15, -0.1) is 0 Å². The Morgan fingerprint density at radius 2 is 1.67 bits per heavy atom. The molecular formula is C17H12BrClFN. The van der Waals surface area contributed by atoms with Crippen LogP contribution < -0.4 is 5.73 Å². The molecule has 0 amide bonds. The Bertz CT molecular complexity index is 799. The Hall–Kier alpha value is -1.42. The summed E-state index contributed by atoms with van der Waals surface area (Å²) in [6, 6.07) is 15.7. The van der Waals surface area contributed by atoms with Crippen molar-refractivity contribution >= 4 is 38.3 Å². The monoisotopic (exact) mass is 363 g/mol. The Labute approximate surface area is 135 Å². The number of rotatable bonds is 2. The van der Waals surface area contributed by atoms with Gasteiger partial charge in [0.1, 0.15) is 5.82 Å². The minimum atomic E-state index is -0.614. The van der Waals surface area contributed by atoms with Crippen LogP contribution in [0.4, 0.5) is 4.39 Å². The van der Waals surface area contributed by atoms with Crippen LogP contribution >= 0.6 is 27.5 Å². The summed E-state index contributed by atoms with van der Waals surface area (Å²) < 4.78 is 15.1. The lowest BCUT2D eigenvalue weighted by Gasteiger charge is -2.18. The van der Waals surface area contributed by atoms with E-state index in [4.69, 9.17) is 17.3 Å². The van der Waals surface area contributed by atoms with Crippen LogP contribution in [0.3, 0.4) is 0 Å². The van der Waals surface area contributed by atoms with Crippen LogP contribution in [-0.2, 0) is 0 Å². The molecule has 0 saturated heterocycles. The van der Waals surface area contributed by atoms with E-state index in [2.05, 4.69) is 15.9 Å². The molecule has 0 aliphatic carbocycles. The van der Waals surface area contributed by atoms with Crippen molar-refractivity contribution in [1.82, 2.24) is 0 Å². The molecule has 3 aromatic carbocycles. The maximum absolute atomic E-state index is 14.1. The zero-order chi connectivity index (χ0) is 15.0. The van der Waals surface area contributed by atoms with E-state index in [1.54, 1.807) is 12.1 Å².